The summed E-state index contributed by atoms with van der Waals surface area (Å²) in [5.74, 6) is -1.31. The van der Waals surface area contributed by atoms with E-state index in [0.29, 0.717) is 6.42 Å². The predicted molar refractivity (Wildman–Crippen MR) is 123 cm³/mol. The molecule has 2 aromatic carbocycles. The van der Waals surface area contributed by atoms with E-state index in [1.54, 1.807) is 13.8 Å². The lowest BCUT2D eigenvalue weighted by Crippen LogP contribution is -2.22. The van der Waals surface area contributed by atoms with Gasteiger partial charge in [-0.15, -0.1) is 0 Å². The van der Waals surface area contributed by atoms with Crippen LogP contribution in [0.15, 0.2) is 48.5 Å². The summed E-state index contributed by atoms with van der Waals surface area (Å²) in [6, 6.07) is 16.3. The van der Waals surface area contributed by atoms with Crippen molar-refractivity contribution in [1.82, 2.24) is 0 Å². The second-order valence-electron chi connectivity index (χ2n) is 8.39. The topological polar surface area (TPSA) is 52.6 Å². The Morgan fingerprint density at radius 2 is 0.968 bits per heavy atom. The third kappa shape index (κ3) is 8.56. The minimum Gasteiger partial charge on any atom is -0.461 e. The summed E-state index contributed by atoms with van der Waals surface area (Å²) >= 11 is 0. The zero-order valence-electron chi connectivity index (χ0n) is 19.4. The van der Waals surface area contributed by atoms with Crippen LogP contribution < -0.4 is 0 Å². The van der Waals surface area contributed by atoms with E-state index in [-0.39, 0.29) is 37.0 Å². The Kier molecular flexibility index (Phi) is 10.3. The molecule has 0 N–H and O–H groups in total. The number of rotatable bonds is 12. The lowest BCUT2D eigenvalue weighted by atomic mass is 9.97. The summed E-state index contributed by atoms with van der Waals surface area (Å²) in [6.45, 7) is 8.40. The van der Waals surface area contributed by atoms with Crippen molar-refractivity contribution in [3.05, 3.63) is 70.8 Å². The van der Waals surface area contributed by atoms with E-state index >= 15 is 0 Å². The van der Waals surface area contributed by atoms with Gasteiger partial charge in [-0.25, -0.2) is 0 Å². The Morgan fingerprint density at radius 3 is 1.29 bits per heavy atom. The quantitative estimate of drug-likeness (QED) is 0.390. The molecule has 31 heavy (non-hydrogen) atoms. The van der Waals surface area contributed by atoms with Crippen molar-refractivity contribution in [2.24, 2.45) is 11.8 Å². The van der Waals surface area contributed by atoms with Crippen LogP contribution in [0.4, 0.5) is 0 Å². The molecule has 0 fully saturated rings. The van der Waals surface area contributed by atoms with Crippen LogP contribution >= 0.6 is 0 Å². The maximum atomic E-state index is 12.3. The molecule has 0 bridgehead atoms. The Hall–Kier alpha value is -2.62. The molecule has 2 rings (SSSR count). The number of carbonyl (C=O) groups is 2. The molecular weight excluding hydrogens is 388 g/mol. The van der Waals surface area contributed by atoms with Crippen molar-refractivity contribution in [1.29, 1.82) is 0 Å². The molecule has 0 heterocycles. The highest BCUT2D eigenvalue weighted by atomic mass is 16.5. The lowest BCUT2D eigenvalue weighted by molar-refractivity contribution is -0.153. The first-order chi connectivity index (χ1) is 14.9. The molecule has 0 aliphatic carbocycles. The van der Waals surface area contributed by atoms with E-state index < -0.39 is 0 Å². The first-order valence-electron chi connectivity index (χ1n) is 11.4. The van der Waals surface area contributed by atoms with Gasteiger partial charge in [0.25, 0.3) is 0 Å². The van der Waals surface area contributed by atoms with Gasteiger partial charge in [0.1, 0.15) is 13.2 Å². The van der Waals surface area contributed by atoms with Gasteiger partial charge in [0.05, 0.1) is 11.8 Å². The first-order valence-corrected chi connectivity index (χ1v) is 11.4. The SMILES string of the molecule is CCCc1ccc(COC(=O)C(C)CC(C)C(=O)OCc2ccc(CCC)cc2)cc1. The molecule has 2 unspecified atom stereocenters. The van der Waals surface area contributed by atoms with E-state index in [0.717, 1.165) is 36.8 Å². The van der Waals surface area contributed by atoms with Gasteiger partial charge in [-0.2, -0.15) is 0 Å². The molecule has 4 heteroatoms. The normalized spacial score (nSPS) is 12.8. The van der Waals surface area contributed by atoms with E-state index in [9.17, 15) is 9.59 Å². The van der Waals surface area contributed by atoms with E-state index in [1.807, 2.05) is 24.3 Å². The highest BCUT2D eigenvalue weighted by molar-refractivity contribution is 5.75. The Bertz CT molecular complexity index is 739. The number of ether oxygens (including phenoxy) is 2. The second-order valence-corrected chi connectivity index (χ2v) is 8.39. The monoisotopic (exact) mass is 424 g/mol. The highest BCUT2D eigenvalue weighted by Crippen LogP contribution is 2.17. The minimum atomic E-state index is -0.366. The van der Waals surface area contributed by atoms with Gasteiger partial charge in [-0.3, -0.25) is 9.59 Å². The lowest BCUT2D eigenvalue weighted by Gasteiger charge is -2.16. The zero-order chi connectivity index (χ0) is 22.6. The van der Waals surface area contributed by atoms with Crippen LogP contribution in [0.2, 0.25) is 0 Å². The van der Waals surface area contributed by atoms with Gasteiger partial charge in [-0.1, -0.05) is 89.1 Å². The fourth-order valence-corrected chi connectivity index (χ4v) is 3.50. The number of hydrogen-bond donors (Lipinski definition) is 0. The van der Waals surface area contributed by atoms with Crippen molar-refractivity contribution in [2.45, 2.75) is 73.0 Å². The molecule has 0 aliphatic heterocycles. The molecule has 4 nitrogen and oxygen atoms in total. The van der Waals surface area contributed by atoms with E-state index in [1.165, 1.54) is 11.1 Å². The van der Waals surface area contributed by atoms with Gasteiger partial charge in [0, 0.05) is 0 Å². The van der Waals surface area contributed by atoms with Crippen molar-refractivity contribution in [3.63, 3.8) is 0 Å². The maximum absolute atomic E-state index is 12.3. The standard InChI is InChI=1S/C27H36O4/c1-5-7-22-9-13-24(14-10-22)18-30-26(28)20(3)17-21(4)27(29)31-19-25-15-11-23(8-6-2)12-16-25/h9-16,20-21H,5-8,17-19H2,1-4H3. The van der Waals surface area contributed by atoms with Crippen molar-refractivity contribution in [3.8, 4) is 0 Å². The van der Waals surface area contributed by atoms with Crippen molar-refractivity contribution in [2.75, 3.05) is 0 Å². The first kappa shape index (κ1) is 24.6. The fraction of sp³-hybridized carbons (Fsp3) is 0.481. The van der Waals surface area contributed by atoms with Crippen LogP contribution in [0.1, 0.15) is 69.2 Å². The predicted octanol–water partition coefficient (Wildman–Crippen LogP) is 6.04. The van der Waals surface area contributed by atoms with Gasteiger partial charge in [0.15, 0.2) is 0 Å². The molecule has 0 saturated heterocycles. The summed E-state index contributed by atoms with van der Waals surface area (Å²) in [5.41, 5.74) is 4.51. The fourth-order valence-electron chi connectivity index (χ4n) is 3.50. The largest absolute Gasteiger partial charge is 0.461 e. The second kappa shape index (κ2) is 12.9. The molecule has 0 radical (unpaired) electrons. The van der Waals surface area contributed by atoms with Gasteiger partial charge in [-0.05, 0) is 41.5 Å². The van der Waals surface area contributed by atoms with Crippen LogP contribution in [0.3, 0.4) is 0 Å². The third-order valence-corrected chi connectivity index (χ3v) is 5.40. The number of carbonyl (C=O) groups excluding carboxylic acids is 2. The van der Waals surface area contributed by atoms with Crippen molar-refractivity contribution < 1.29 is 19.1 Å². The zero-order valence-corrected chi connectivity index (χ0v) is 19.4. The molecule has 2 aromatic rings. The summed E-state index contributed by atoms with van der Waals surface area (Å²) in [6.07, 6.45) is 4.72. The average Bonchev–Trinajstić information content (AvgIpc) is 2.78. The van der Waals surface area contributed by atoms with Crippen LogP contribution in [0, 0.1) is 11.8 Å². The smallest absolute Gasteiger partial charge is 0.309 e. The third-order valence-electron chi connectivity index (χ3n) is 5.40. The molecule has 0 saturated carbocycles. The van der Waals surface area contributed by atoms with Crippen LogP contribution in [-0.2, 0) is 45.1 Å². The molecule has 168 valence electrons. The molecule has 2 atom stereocenters. The molecule has 0 amide bonds. The van der Waals surface area contributed by atoms with Gasteiger partial charge >= 0.3 is 11.9 Å². The summed E-state index contributed by atoms with van der Waals surface area (Å²) in [7, 11) is 0. The summed E-state index contributed by atoms with van der Waals surface area (Å²) in [5, 5.41) is 0. The number of esters is 2. The Balaban J connectivity index is 1.73. The molecule has 0 aliphatic rings. The van der Waals surface area contributed by atoms with E-state index in [2.05, 4.69) is 38.1 Å². The molecule has 0 aromatic heterocycles. The number of aryl methyl sites for hydroxylation is 2. The van der Waals surface area contributed by atoms with Crippen molar-refractivity contribution >= 4 is 11.9 Å². The van der Waals surface area contributed by atoms with Crippen LogP contribution in [0.25, 0.3) is 0 Å². The molecular formula is C27H36O4. The average molecular weight is 425 g/mol. The minimum absolute atomic E-state index is 0.252. The Morgan fingerprint density at radius 1 is 0.645 bits per heavy atom. The Labute approximate surface area is 187 Å². The van der Waals surface area contributed by atoms with Gasteiger partial charge < -0.3 is 9.47 Å². The molecule has 0 spiro atoms. The number of benzene rings is 2. The van der Waals surface area contributed by atoms with E-state index in [4.69, 9.17) is 9.47 Å². The number of hydrogen-bond acceptors (Lipinski definition) is 4. The summed E-state index contributed by atoms with van der Waals surface area (Å²) < 4.78 is 10.9. The van der Waals surface area contributed by atoms with Gasteiger partial charge in [0.2, 0.25) is 0 Å². The highest BCUT2D eigenvalue weighted by Gasteiger charge is 2.23. The maximum Gasteiger partial charge on any atom is 0.309 e. The summed E-state index contributed by atoms with van der Waals surface area (Å²) in [4.78, 5) is 24.7. The van der Waals surface area contributed by atoms with Crippen LogP contribution in [-0.4, -0.2) is 11.9 Å². The van der Waals surface area contributed by atoms with Crippen LogP contribution in [0.5, 0.6) is 0 Å².